The van der Waals surface area contributed by atoms with Gasteiger partial charge in [0.1, 0.15) is 0 Å². The molecule has 9 heteroatoms. The number of hydrogen-bond acceptors (Lipinski definition) is 7. The van der Waals surface area contributed by atoms with Crippen molar-refractivity contribution in [1.82, 2.24) is 4.90 Å². The molecule has 0 atom stereocenters. The molecule has 2 aromatic rings. The van der Waals surface area contributed by atoms with E-state index in [1.807, 2.05) is 11.4 Å². The number of hydrogen-bond donors (Lipinski definition) is 1. The van der Waals surface area contributed by atoms with Gasteiger partial charge in [-0.15, -0.1) is 11.3 Å². The lowest BCUT2D eigenvalue weighted by Gasteiger charge is -2.26. The molecular formula is C16H15N3O5S. The number of fused-ring (bicyclic) bond motifs is 1. The average molecular weight is 361 g/mol. The van der Waals surface area contributed by atoms with Gasteiger partial charge in [-0.3, -0.25) is 14.9 Å². The van der Waals surface area contributed by atoms with Crippen LogP contribution in [0.15, 0.2) is 29.6 Å². The van der Waals surface area contributed by atoms with E-state index < -0.39 is 17.5 Å². The monoisotopic (exact) mass is 361 g/mol. The molecule has 1 aromatic carbocycles. The maximum atomic E-state index is 12.2. The van der Waals surface area contributed by atoms with Gasteiger partial charge in [-0.05, 0) is 29.5 Å². The molecule has 1 aromatic heterocycles. The zero-order chi connectivity index (χ0) is 18.0. The zero-order valence-electron chi connectivity index (χ0n) is 13.1. The van der Waals surface area contributed by atoms with E-state index in [2.05, 4.69) is 0 Å². The lowest BCUT2D eigenvalue weighted by atomic mass is 10.1. The Morgan fingerprint density at radius 1 is 1.36 bits per heavy atom. The van der Waals surface area contributed by atoms with E-state index in [0.29, 0.717) is 13.1 Å². The molecule has 8 nitrogen and oxygen atoms in total. The lowest BCUT2D eigenvalue weighted by molar-refractivity contribution is -0.384. The Balaban J connectivity index is 1.59. The summed E-state index contributed by atoms with van der Waals surface area (Å²) in [5, 5.41) is 12.7. The van der Waals surface area contributed by atoms with Crippen LogP contribution >= 0.6 is 11.3 Å². The Bertz CT molecular complexity index is 848. The van der Waals surface area contributed by atoms with E-state index >= 15 is 0 Å². The van der Waals surface area contributed by atoms with E-state index in [0.717, 1.165) is 24.1 Å². The molecule has 0 unspecified atom stereocenters. The number of esters is 1. The second-order valence-corrected chi connectivity index (χ2v) is 6.54. The summed E-state index contributed by atoms with van der Waals surface area (Å²) in [4.78, 5) is 37.3. The van der Waals surface area contributed by atoms with Crippen molar-refractivity contribution in [2.45, 2.75) is 13.0 Å². The SMILES string of the molecule is Nc1cc([N+](=O)[O-])ccc1C(=O)OCC(=O)N1CCc2sccc2C1. The minimum atomic E-state index is -0.783. The van der Waals surface area contributed by atoms with Gasteiger partial charge < -0.3 is 15.4 Å². The second-order valence-electron chi connectivity index (χ2n) is 5.54. The molecule has 25 heavy (non-hydrogen) atoms. The Morgan fingerprint density at radius 2 is 2.16 bits per heavy atom. The molecule has 130 valence electrons. The first-order chi connectivity index (χ1) is 12.0. The van der Waals surface area contributed by atoms with Gasteiger partial charge in [0.2, 0.25) is 0 Å². The van der Waals surface area contributed by atoms with Crippen LogP contribution in [0, 0.1) is 10.1 Å². The molecule has 1 aliphatic rings. The molecular weight excluding hydrogens is 346 g/mol. The number of nitrogens with two attached hydrogens (primary N) is 1. The first-order valence-electron chi connectivity index (χ1n) is 7.50. The lowest BCUT2D eigenvalue weighted by Crippen LogP contribution is -2.38. The molecule has 0 spiro atoms. The summed E-state index contributed by atoms with van der Waals surface area (Å²) in [5.41, 5.74) is 6.49. The van der Waals surface area contributed by atoms with Gasteiger partial charge in [0.05, 0.1) is 16.2 Å². The van der Waals surface area contributed by atoms with Gasteiger partial charge >= 0.3 is 5.97 Å². The number of nitro groups is 1. The number of thiophene rings is 1. The van der Waals surface area contributed by atoms with Crippen molar-refractivity contribution in [1.29, 1.82) is 0 Å². The van der Waals surface area contributed by atoms with Crippen molar-refractivity contribution < 1.29 is 19.2 Å². The first kappa shape index (κ1) is 16.9. The number of benzene rings is 1. The highest BCUT2D eigenvalue weighted by molar-refractivity contribution is 7.10. The molecule has 2 heterocycles. The highest BCUT2D eigenvalue weighted by Crippen LogP contribution is 2.24. The van der Waals surface area contributed by atoms with Crippen molar-refractivity contribution >= 4 is 34.6 Å². The number of rotatable bonds is 4. The summed E-state index contributed by atoms with van der Waals surface area (Å²) in [6.45, 7) is 0.702. The van der Waals surface area contributed by atoms with E-state index in [1.165, 1.54) is 10.9 Å². The summed E-state index contributed by atoms with van der Waals surface area (Å²) in [7, 11) is 0. The first-order valence-corrected chi connectivity index (χ1v) is 8.37. The van der Waals surface area contributed by atoms with E-state index in [-0.39, 0.29) is 22.8 Å². The van der Waals surface area contributed by atoms with Gasteiger partial charge in [0.25, 0.3) is 11.6 Å². The molecule has 1 aliphatic heterocycles. The number of amides is 1. The Labute approximate surface area is 147 Å². The van der Waals surface area contributed by atoms with E-state index in [1.54, 1.807) is 16.2 Å². The van der Waals surface area contributed by atoms with Crippen LogP contribution in [0.3, 0.4) is 0 Å². The van der Waals surface area contributed by atoms with Crippen LogP contribution in [0.1, 0.15) is 20.8 Å². The van der Waals surface area contributed by atoms with Gasteiger partial charge in [-0.1, -0.05) is 0 Å². The molecule has 2 N–H and O–H groups in total. The van der Waals surface area contributed by atoms with Gasteiger partial charge in [0, 0.05) is 30.1 Å². The predicted molar refractivity (Wildman–Crippen MR) is 91.2 cm³/mol. The van der Waals surface area contributed by atoms with Crippen LogP contribution in [0.4, 0.5) is 11.4 Å². The largest absolute Gasteiger partial charge is 0.452 e. The molecule has 0 radical (unpaired) electrons. The molecule has 0 saturated heterocycles. The highest BCUT2D eigenvalue weighted by atomic mass is 32.1. The quantitative estimate of drug-likeness (QED) is 0.385. The minimum absolute atomic E-state index is 0.00263. The predicted octanol–water partition coefficient (Wildman–Crippen LogP) is 1.98. The van der Waals surface area contributed by atoms with Gasteiger partial charge in [-0.2, -0.15) is 0 Å². The minimum Gasteiger partial charge on any atom is -0.452 e. The summed E-state index contributed by atoms with van der Waals surface area (Å²) >= 11 is 1.67. The van der Waals surface area contributed by atoms with Crippen molar-refractivity contribution in [2.24, 2.45) is 0 Å². The van der Waals surface area contributed by atoms with Gasteiger partial charge in [-0.25, -0.2) is 4.79 Å². The molecule has 0 bridgehead atoms. The second kappa shape index (κ2) is 6.89. The summed E-state index contributed by atoms with van der Waals surface area (Å²) in [6.07, 6.45) is 0.794. The van der Waals surface area contributed by atoms with Crippen molar-refractivity contribution in [3.8, 4) is 0 Å². The smallest absolute Gasteiger partial charge is 0.340 e. The third kappa shape index (κ3) is 3.61. The molecule has 1 amide bonds. The fraction of sp³-hybridized carbons (Fsp3) is 0.250. The standard InChI is InChI=1S/C16H15N3O5S/c17-13-7-11(19(22)23)1-2-12(13)16(21)24-9-15(20)18-5-3-14-10(8-18)4-6-25-14/h1-2,4,6-7H,3,5,8-9,17H2. The third-order valence-electron chi connectivity index (χ3n) is 3.95. The number of anilines is 1. The molecule has 0 saturated carbocycles. The maximum Gasteiger partial charge on any atom is 0.340 e. The number of carbonyl (C=O) groups excluding carboxylic acids is 2. The Morgan fingerprint density at radius 3 is 2.88 bits per heavy atom. The van der Waals surface area contributed by atoms with Crippen molar-refractivity contribution in [3.05, 3.63) is 55.8 Å². The number of ether oxygens (including phenoxy) is 1. The zero-order valence-corrected chi connectivity index (χ0v) is 14.0. The molecule has 3 rings (SSSR count). The molecule has 0 aliphatic carbocycles. The topological polar surface area (TPSA) is 116 Å². The Hall–Kier alpha value is -2.94. The number of nitro benzene ring substituents is 1. The number of non-ortho nitro benzene ring substituents is 1. The third-order valence-corrected chi connectivity index (χ3v) is 4.98. The van der Waals surface area contributed by atoms with Crippen molar-refractivity contribution in [2.75, 3.05) is 18.9 Å². The van der Waals surface area contributed by atoms with Crippen molar-refractivity contribution in [3.63, 3.8) is 0 Å². The summed E-state index contributed by atoms with van der Waals surface area (Å²) in [5.74, 6) is -1.07. The molecule has 0 fully saturated rings. The van der Waals surface area contributed by atoms with Crippen LogP contribution in [-0.4, -0.2) is 34.9 Å². The van der Waals surface area contributed by atoms with Crippen LogP contribution in [-0.2, 0) is 22.5 Å². The highest BCUT2D eigenvalue weighted by Gasteiger charge is 2.23. The summed E-state index contributed by atoms with van der Waals surface area (Å²) < 4.78 is 5.02. The van der Waals surface area contributed by atoms with Crippen LogP contribution in [0.25, 0.3) is 0 Å². The Kier molecular flexibility index (Phi) is 4.66. The maximum absolute atomic E-state index is 12.2. The van der Waals surface area contributed by atoms with Crippen LogP contribution in [0.5, 0.6) is 0 Å². The fourth-order valence-corrected chi connectivity index (χ4v) is 3.50. The van der Waals surface area contributed by atoms with Gasteiger partial charge in [0.15, 0.2) is 6.61 Å². The number of carbonyl (C=O) groups is 2. The van der Waals surface area contributed by atoms with E-state index in [9.17, 15) is 19.7 Å². The average Bonchev–Trinajstić information content (AvgIpc) is 3.06. The number of nitrogen functional groups attached to an aromatic ring is 1. The number of nitrogens with zero attached hydrogens (tertiary/aromatic N) is 2. The summed E-state index contributed by atoms with van der Waals surface area (Å²) in [6, 6.07) is 5.46. The normalized spacial score (nSPS) is 13.2. The fourth-order valence-electron chi connectivity index (χ4n) is 2.61. The van der Waals surface area contributed by atoms with Crippen LogP contribution in [0.2, 0.25) is 0 Å². The van der Waals surface area contributed by atoms with E-state index in [4.69, 9.17) is 10.5 Å². The van der Waals surface area contributed by atoms with Crippen LogP contribution < -0.4 is 5.73 Å².